The lowest BCUT2D eigenvalue weighted by atomic mass is 10.1. The van der Waals surface area contributed by atoms with Gasteiger partial charge in [0.1, 0.15) is 22.4 Å². The number of para-hydroxylation sites is 1. The van der Waals surface area contributed by atoms with E-state index in [0.29, 0.717) is 24.8 Å². The van der Waals surface area contributed by atoms with Crippen molar-refractivity contribution in [1.82, 2.24) is 4.98 Å². The summed E-state index contributed by atoms with van der Waals surface area (Å²) >= 11 is 0. The third kappa shape index (κ3) is 5.95. The minimum Gasteiger partial charge on any atom is -0.495 e. The zero-order valence-corrected chi connectivity index (χ0v) is 21.2. The third-order valence-electron chi connectivity index (χ3n) is 5.84. The van der Waals surface area contributed by atoms with Crippen LogP contribution >= 0.6 is 0 Å². The van der Waals surface area contributed by atoms with Crippen LogP contribution in [0.25, 0.3) is 0 Å². The second kappa shape index (κ2) is 11.0. The second-order valence-electron chi connectivity index (χ2n) is 8.48. The zero-order chi connectivity index (χ0) is 25.7. The smallest absolute Gasteiger partial charge is 0.274 e. The standard InChI is InChI=1S/C26H29N3O6S/c1-17-6-4-7-18(2)25(17)29-36(31,32)23-16-19(10-11-22(23)33-3)27-26(30)21-8-5-9-24(28-21)35-20-12-14-34-15-13-20/h4-11,16,20,29H,12-15H2,1-3H3,(H,27,30). The second-order valence-corrected chi connectivity index (χ2v) is 10.1. The summed E-state index contributed by atoms with van der Waals surface area (Å²) in [6, 6.07) is 14.9. The number of aryl methyl sites for hydroxylation is 2. The molecule has 1 saturated heterocycles. The maximum Gasteiger partial charge on any atom is 0.274 e. The van der Waals surface area contributed by atoms with Crippen molar-refractivity contribution in [3.8, 4) is 11.6 Å². The largest absolute Gasteiger partial charge is 0.495 e. The average molecular weight is 512 g/mol. The van der Waals surface area contributed by atoms with E-state index in [9.17, 15) is 13.2 Å². The summed E-state index contributed by atoms with van der Waals surface area (Å²) < 4.78 is 45.7. The van der Waals surface area contributed by atoms with Gasteiger partial charge in [-0.05, 0) is 49.2 Å². The van der Waals surface area contributed by atoms with Gasteiger partial charge in [-0.2, -0.15) is 0 Å². The Hall–Kier alpha value is -3.63. The van der Waals surface area contributed by atoms with Gasteiger partial charge >= 0.3 is 0 Å². The Bertz CT molecular complexity index is 1330. The molecule has 36 heavy (non-hydrogen) atoms. The highest BCUT2D eigenvalue weighted by Crippen LogP contribution is 2.31. The quantitative estimate of drug-likeness (QED) is 0.463. The number of sulfonamides is 1. The van der Waals surface area contributed by atoms with Crippen LogP contribution in [0.15, 0.2) is 59.5 Å². The van der Waals surface area contributed by atoms with Crippen LogP contribution in [0, 0.1) is 13.8 Å². The molecule has 0 aliphatic carbocycles. The van der Waals surface area contributed by atoms with Crippen molar-refractivity contribution >= 4 is 27.3 Å². The van der Waals surface area contributed by atoms with E-state index in [-0.39, 0.29) is 28.1 Å². The number of hydrogen-bond donors (Lipinski definition) is 2. The van der Waals surface area contributed by atoms with Crippen molar-refractivity contribution in [2.24, 2.45) is 0 Å². The molecular weight excluding hydrogens is 482 g/mol. The third-order valence-corrected chi connectivity index (χ3v) is 7.21. The Morgan fingerprint density at radius 1 is 1.03 bits per heavy atom. The number of anilines is 2. The SMILES string of the molecule is COc1ccc(NC(=O)c2cccc(OC3CCOCC3)n2)cc1S(=O)(=O)Nc1c(C)cccc1C. The number of nitrogens with one attached hydrogen (secondary N) is 2. The fourth-order valence-electron chi connectivity index (χ4n) is 3.90. The van der Waals surface area contributed by atoms with Crippen LogP contribution in [-0.4, -0.2) is 45.7 Å². The Labute approximate surface area is 210 Å². The van der Waals surface area contributed by atoms with E-state index in [1.54, 1.807) is 24.3 Å². The first-order valence-corrected chi connectivity index (χ1v) is 13.0. The number of hydrogen-bond acceptors (Lipinski definition) is 7. The Morgan fingerprint density at radius 3 is 2.42 bits per heavy atom. The van der Waals surface area contributed by atoms with E-state index < -0.39 is 15.9 Å². The molecule has 190 valence electrons. The van der Waals surface area contributed by atoms with Crippen LogP contribution in [0.5, 0.6) is 11.6 Å². The van der Waals surface area contributed by atoms with Crippen LogP contribution < -0.4 is 19.5 Å². The summed E-state index contributed by atoms with van der Waals surface area (Å²) in [5.41, 5.74) is 2.50. The van der Waals surface area contributed by atoms with Gasteiger partial charge in [-0.15, -0.1) is 0 Å². The number of aromatic nitrogens is 1. The van der Waals surface area contributed by atoms with Crippen molar-refractivity contribution in [3.63, 3.8) is 0 Å². The van der Waals surface area contributed by atoms with Crippen molar-refractivity contribution in [1.29, 1.82) is 0 Å². The maximum atomic E-state index is 13.3. The number of carbonyl (C=O) groups is 1. The fraction of sp³-hybridized carbons (Fsp3) is 0.308. The molecule has 0 spiro atoms. The summed E-state index contributed by atoms with van der Waals surface area (Å²) in [7, 11) is -2.63. The van der Waals surface area contributed by atoms with Gasteiger partial charge in [0.15, 0.2) is 0 Å². The molecule has 1 aliphatic rings. The molecule has 0 saturated carbocycles. The molecular formula is C26H29N3O6S. The average Bonchev–Trinajstić information content (AvgIpc) is 2.87. The molecule has 1 aromatic heterocycles. The highest BCUT2D eigenvalue weighted by Gasteiger charge is 2.23. The van der Waals surface area contributed by atoms with Gasteiger partial charge in [-0.1, -0.05) is 24.3 Å². The van der Waals surface area contributed by atoms with Gasteiger partial charge in [0.25, 0.3) is 15.9 Å². The molecule has 1 fully saturated rings. The topological polar surface area (TPSA) is 116 Å². The van der Waals surface area contributed by atoms with Gasteiger partial charge in [-0.3, -0.25) is 9.52 Å². The van der Waals surface area contributed by atoms with E-state index in [1.165, 1.54) is 19.2 Å². The van der Waals surface area contributed by atoms with Gasteiger partial charge in [0.2, 0.25) is 5.88 Å². The monoisotopic (exact) mass is 511 g/mol. The van der Waals surface area contributed by atoms with Crippen LogP contribution in [0.1, 0.15) is 34.5 Å². The lowest BCUT2D eigenvalue weighted by molar-refractivity contribution is 0.0236. The minimum atomic E-state index is -4.02. The molecule has 2 N–H and O–H groups in total. The Kier molecular flexibility index (Phi) is 7.76. The first kappa shape index (κ1) is 25.5. The highest BCUT2D eigenvalue weighted by molar-refractivity contribution is 7.92. The van der Waals surface area contributed by atoms with Gasteiger partial charge in [-0.25, -0.2) is 13.4 Å². The lowest BCUT2D eigenvalue weighted by Gasteiger charge is -2.22. The predicted octanol–water partition coefficient (Wildman–Crippen LogP) is 4.32. The first-order chi connectivity index (χ1) is 17.3. The molecule has 1 amide bonds. The maximum absolute atomic E-state index is 13.3. The van der Waals surface area contributed by atoms with E-state index in [0.717, 1.165) is 24.0 Å². The number of carbonyl (C=O) groups excluding carboxylic acids is 1. The molecule has 2 heterocycles. The Morgan fingerprint density at radius 2 is 1.72 bits per heavy atom. The summed E-state index contributed by atoms with van der Waals surface area (Å²) in [6.07, 6.45) is 1.51. The molecule has 10 heteroatoms. The molecule has 2 aromatic carbocycles. The van der Waals surface area contributed by atoms with Gasteiger partial charge < -0.3 is 19.5 Å². The van der Waals surface area contributed by atoms with Gasteiger partial charge in [0, 0.05) is 24.6 Å². The number of ether oxygens (including phenoxy) is 3. The summed E-state index contributed by atoms with van der Waals surface area (Å²) in [6.45, 7) is 4.91. The molecule has 4 rings (SSSR count). The molecule has 0 atom stereocenters. The number of amides is 1. The highest BCUT2D eigenvalue weighted by atomic mass is 32.2. The van der Waals surface area contributed by atoms with E-state index in [1.807, 2.05) is 32.0 Å². The van der Waals surface area contributed by atoms with Crippen LogP contribution in [-0.2, 0) is 14.8 Å². The van der Waals surface area contributed by atoms with E-state index in [2.05, 4.69) is 15.0 Å². The van der Waals surface area contributed by atoms with E-state index >= 15 is 0 Å². The molecule has 1 aliphatic heterocycles. The molecule has 0 unspecified atom stereocenters. The van der Waals surface area contributed by atoms with Crippen molar-refractivity contribution < 1.29 is 27.4 Å². The predicted molar refractivity (Wildman–Crippen MR) is 136 cm³/mol. The number of pyridine rings is 1. The number of nitrogens with zero attached hydrogens (tertiary/aromatic N) is 1. The van der Waals surface area contributed by atoms with Crippen molar-refractivity contribution in [3.05, 3.63) is 71.4 Å². The summed E-state index contributed by atoms with van der Waals surface area (Å²) in [5, 5.41) is 2.71. The van der Waals surface area contributed by atoms with Crippen LogP contribution in [0.4, 0.5) is 11.4 Å². The normalized spacial score (nSPS) is 14.2. The summed E-state index contributed by atoms with van der Waals surface area (Å²) in [5.74, 6) is 0.00529. The zero-order valence-electron chi connectivity index (χ0n) is 20.4. The number of benzene rings is 2. The molecule has 0 radical (unpaired) electrons. The molecule has 0 bridgehead atoms. The van der Waals surface area contributed by atoms with Crippen molar-refractivity contribution in [2.75, 3.05) is 30.4 Å². The molecule has 9 nitrogen and oxygen atoms in total. The number of methoxy groups -OCH3 is 1. The lowest BCUT2D eigenvalue weighted by Crippen LogP contribution is -2.26. The summed E-state index contributed by atoms with van der Waals surface area (Å²) in [4.78, 5) is 17.1. The molecule has 3 aromatic rings. The Balaban J connectivity index is 1.55. The van der Waals surface area contributed by atoms with Crippen molar-refractivity contribution in [2.45, 2.75) is 37.7 Å². The van der Waals surface area contributed by atoms with Crippen LogP contribution in [0.3, 0.4) is 0 Å². The first-order valence-electron chi connectivity index (χ1n) is 11.6. The fourth-order valence-corrected chi connectivity index (χ4v) is 5.29. The minimum absolute atomic E-state index is 0.0108. The van der Waals surface area contributed by atoms with E-state index in [4.69, 9.17) is 14.2 Å². The van der Waals surface area contributed by atoms with Crippen LogP contribution in [0.2, 0.25) is 0 Å². The van der Waals surface area contributed by atoms with Gasteiger partial charge in [0.05, 0.1) is 26.0 Å². The number of rotatable bonds is 8.